The summed E-state index contributed by atoms with van der Waals surface area (Å²) in [5.74, 6) is -0.917. The van der Waals surface area contributed by atoms with Crippen LogP contribution >= 0.6 is 0 Å². The van der Waals surface area contributed by atoms with Crippen LogP contribution in [0.25, 0.3) is 0 Å². The Bertz CT molecular complexity index is 899. The van der Waals surface area contributed by atoms with E-state index in [0.717, 1.165) is 0 Å². The lowest BCUT2D eigenvalue weighted by Gasteiger charge is -2.16. The monoisotopic (exact) mass is 344 g/mol. The largest absolute Gasteiger partial charge is 0.508 e. The van der Waals surface area contributed by atoms with Crippen LogP contribution in [0.3, 0.4) is 0 Å². The molecule has 7 nitrogen and oxygen atoms in total. The highest BCUT2D eigenvalue weighted by molar-refractivity contribution is 6.01. The molecule has 0 spiro atoms. The molecule has 0 atom stereocenters. The number of aliphatic hydroxyl groups is 2. The molecule has 0 amide bonds. The van der Waals surface area contributed by atoms with Gasteiger partial charge in [-0.2, -0.15) is 0 Å². The van der Waals surface area contributed by atoms with Crippen molar-refractivity contribution in [3.8, 4) is 23.0 Å². The molecule has 25 heavy (non-hydrogen) atoms. The number of fused-ring (bicyclic) bond motifs is 2. The van der Waals surface area contributed by atoms with Gasteiger partial charge in [0.05, 0.1) is 18.8 Å². The highest BCUT2D eigenvalue weighted by Crippen LogP contribution is 2.46. The van der Waals surface area contributed by atoms with Crippen LogP contribution in [0, 0.1) is 13.8 Å². The first-order valence-electron chi connectivity index (χ1n) is 7.51. The van der Waals surface area contributed by atoms with Crippen molar-refractivity contribution in [1.29, 1.82) is 0 Å². The third-order valence-corrected chi connectivity index (χ3v) is 4.28. The number of aromatic hydroxyl groups is 1. The molecule has 0 saturated heterocycles. The summed E-state index contributed by atoms with van der Waals surface area (Å²) in [5.41, 5.74) is 1.40. The zero-order valence-corrected chi connectivity index (χ0v) is 13.6. The molecule has 7 heteroatoms. The van der Waals surface area contributed by atoms with E-state index >= 15 is 0 Å². The first kappa shape index (κ1) is 16.9. The van der Waals surface area contributed by atoms with Crippen molar-refractivity contribution in [2.45, 2.75) is 27.1 Å². The number of hydrogen-bond acceptors (Lipinski definition) is 7. The SMILES string of the molecule is Cc1c(CO)cc(CO)c2c1Oc1c(C=O)cc(O)c(C)c1C(=O)O2. The molecule has 3 rings (SSSR count). The van der Waals surface area contributed by atoms with Crippen molar-refractivity contribution in [2.24, 2.45) is 0 Å². The van der Waals surface area contributed by atoms with E-state index in [1.165, 1.54) is 19.1 Å². The average Bonchev–Trinajstić information content (AvgIpc) is 2.75. The summed E-state index contributed by atoms with van der Waals surface area (Å²) in [5, 5.41) is 29.0. The topological polar surface area (TPSA) is 113 Å². The number of ether oxygens (including phenoxy) is 2. The number of benzene rings is 2. The van der Waals surface area contributed by atoms with E-state index in [-0.39, 0.29) is 51.9 Å². The summed E-state index contributed by atoms with van der Waals surface area (Å²) in [6.45, 7) is 2.43. The van der Waals surface area contributed by atoms with Crippen LogP contribution in [0.4, 0.5) is 0 Å². The molecule has 0 unspecified atom stereocenters. The van der Waals surface area contributed by atoms with Crippen molar-refractivity contribution in [3.63, 3.8) is 0 Å². The number of carbonyl (C=O) groups excluding carboxylic acids is 2. The molecule has 0 radical (unpaired) electrons. The third kappa shape index (κ3) is 2.54. The molecule has 2 aromatic carbocycles. The molecule has 1 heterocycles. The molecule has 3 N–H and O–H groups in total. The van der Waals surface area contributed by atoms with Crippen molar-refractivity contribution in [1.82, 2.24) is 0 Å². The third-order valence-electron chi connectivity index (χ3n) is 4.28. The predicted molar refractivity (Wildman–Crippen MR) is 86.3 cm³/mol. The van der Waals surface area contributed by atoms with Gasteiger partial charge in [-0.15, -0.1) is 0 Å². The highest BCUT2D eigenvalue weighted by Gasteiger charge is 2.32. The average molecular weight is 344 g/mol. The molecule has 0 bridgehead atoms. The lowest BCUT2D eigenvalue weighted by atomic mass is 10.0. The van der Waals surface area contributed by atoms with Crippen molar-refractivity contribution >= 4 is 12.3 Å². The Kier molecular flexibility index (Phi) is 4.20. The van der Waals surface area contributed by atoms with Gasteiger partial charge in [0, 0.05) is 16.7 Å². The van der Waals surface area contributed by atoms with Crippen LogP contribution in [-0.2, 0) is 13.2 Å². The second-order valence-electron chi connectivity index (χ2n) is 5.72. The van der Waals surface area contributed by atoms with Gasteiger partial charge in [-0.05, 0) is 31.5 Å². The van der Waals surface area contributed by atoms with Crippen molar-refractivity contribution < 1.29 is 34.4 Å². The van der Waals surface area contributed by atoms with Gasteiger partial charge in [0.2, 0.25) is 0 Å². The Balaban J connectivity index is 2.35. The zero-order chi connectivity index (χ0) is 18.3. The molecular formula is C18H16O7. The molecule has 2 aromatic rings. The van der Waals surface area contributed by atoms with Gasteiger partial charge in [-0.25, -0.2) is 4.79 Å². The molecule has 0 saturated carbocycles. The number of phenols is 1. The van der Waals surface area contributed by atoms with E-state index in [2.05, 4.69) is 0 Å². The van der Waals surface area contributed by atoms with E-state index in [1.54, 1.807) is 6.92 Å². The maximum Gasteiger partial charge on any atom is 0.347 e. The smallest absolute Gasteiger partial charge is 0.347 e. The van der Waals surface area contributed by atoms with Crippen molar-refractivity contribution in [2.75, 3.05) is 0 Å². The number of carbonyl (C=O) groups is 2. The number of aliphatic hydroxyl groups excluding tert-OH is 2. The number of phenolic OH excluding ortho intramolecular Hbond substituents is 1. The molecular weight excluding hydrogens is 328 g/mol. The molecule has 0 aliphatic carbocycles. The Labute approximate surface area is 143 Å². The number of hydrogen-bond donors (Lipinski definition) is 3. The fraction of sp³-hybridized carbons (Fsp3) is 0.222. The van der Waals surface area contributed by atoms with E-state index in [1.807, 2.05) is 0 Å². The van der Waals surface area contributed by atoms with Gasteiger partial charge in [-0.1, -0.05) is 0 Å². The van der Waals surface area contributed by atoms with Crippen LogP contribution in [0.15, 0.2) is 12.1 Å². The van der Waals surface area contributed by atoms with Crippen LogP contribution in [0.5, 0.6) is 23.0 Å². The van der Waals surface area contributed by atoms with Gasteiger partial charge < -0.3 is 24.8 Å². The van der Waals surface area contributed by atoms with Crippen LogP contribution in [0.1, 0.15) is 43.0 Å². The van der Waals surface area contributed by atoms with Gasteiger partial charge >= 0.3 is 5.97 Å². The van der Waals surface area contributed by atoms with Gasteiger partial charge in [0.25, 0.3) is 0 Å². The highest BCUT2D eigenvalue weighted by atomic mass is 16.6. The molecule has 0 aromatic heterocycles. The normalized spacial score (nSPS) is 12.6. The Morgan fingerprint density at radius 1 is 0.960 bits per heavy atom. The summed E-state index contributed by atoms with van der Waals surface area (Å²) in [4.78, 5) is 24.0. The van der Waals surface area contributed by atoms with E-state index in [4.69, 9.17) is 9.47 Å². The van der Waals surface area contributed by atoms with Crippen LogP contribution < -0.4 is 9.47 Å². The fourth-order valence-corrected chi connectivity index (χ4v) is 2.82. The number of aldehydes is 1. The number of rotatable bonds is 3. The van der Waals surface area contributed by atoms with Crippen LogP contribution in [-0.4, -0.2) is 27.6 Å². The first-order valence-corrected chi connectivity index (χ1v) is 7.51. The van der Waals surface area contributed by atoms with Gasteiger partial charge in [0.15, 0.2) is 23.5 Å². The minimum Gasteiger partial charge on any atom is -0.508 e. The lowest BCUT2D eigenvalue weighted by molar-refractivity contribution is 0.0732. The second-order valence-corrected chi connectivity index (χ2v) is 5.72. The maximum atomic E-state index is 12.6. The predicted octanol–water partition coefficient (Wildman–Crippen LogP) is 2.13. The molecule has 0 fully saturated rings. The minimum atomic E-state index is -0.809. The van der Waals surface area contributed by atoms with Crippen molar-refractivity contribution in [3.05, 3.63) is 45.5 Å². The number of esters is 1. The Morgan fingerprint density at radius 3 is 2.24 bits per heavy atom. The summed E-state index contributed by atoms with van der Waals surface area (Å²) < 4.78 is 11.2. The standard InChI is InChI=1S/C18H16O7/c1-8-10(5-19)3-11(6-20)17-15(8)24-16-12(7-21)4-13(22)9(2)14(16)18(23)25-17/h3-4,7,19-20,22H,5-6H2,1-2H3. The molecule has 1 aliphatic heterocycles. The van der Waals surface area contributed by atoms with Gasteiger partial charge in [0.1, 0.15) is 11.3 Å². The molecule has 1 aliphatic rings. The Morgan fingerprint density at radius 2 is 1.64 bits per heavy atom. The Hall–Kier alpha value is -2.90. The second kappa shape index (κ2) is 6.19. The minimum absolute atomic E-state index is 0.0118. The summed E-state index contributed by atoms with van der Waals surface area (Å²) in [6, 6.07) is 2.73. The summed E-state index contributed by atoms with van der Waals surface area (Å²) in [7, 11) is 0. The summed E-state index contributed by atoms with van der Waals surface area (Å²) >= 11 is 0. The van der Waals surface area contributed by atoms with E-state index in [9.17, 15) is 24.9 Å². The maximum absolute atomic E-state index is 12.6. The summed E-state index contributed by atoms with van der Waals surface area (Å²) in [6.07, 6.45) is 0.467. The zero-order valence-electron chi connectivity index (χ0n) is 13.6. The van der Waals surface area contributed by atoms with E-state index in [0.29, 0.717) is 17.4 Å². The quantitative estimate of drug-likeness (QED) is 0.444. The first-order chi connectivity index (χ1) is 11.9. The molecule has 130 valence electrons. The fourth-order valence-electron chi connectivity index (χ4n) is 2.82. The lowest BCUT2D eigenvalue weighted by Crippen LogP contribution is -2.11. The van der Waals surface area contributed by atoms with Gasteiger partial charge in [-0.3, -0.25) is 4.79 Å². The van der Waals surface area contributed by atoms with E-state index < -0.39 is 12.6 Å². The van der Waals surface area contributed by atoms with Crippen LogP contribution in [0.2, 0.25) is 0 Å².